The number of hydrogen-bond acceptors (Lipinski definition) is 4. The van der Waals surface area contributed by atoms with Gasteiger partial charge in [0.1, 0.15) is 5.52 Å². The smallest absolute Gasteiger partial charge is 0.251 e. The van der Waals surface area contributed by atoms with Crippen LogP contribution in [-0.4, -0.2) is 42.0 Å². The van der Waals surface area contributed by atoms with E-state index in [1.165, 1.54) is 0 Å². The van der Waals surface area contributed by atoms with Crippen LogP contribution in [0.1, 0.15) is 42.1 Å². The van der Waals surface area contributed by atoms with Crippen molar-refractivity contribution in [2.24, 2.45) is 0 Å². The van der Waals surface area contributed by atoms with Crippen LogP contribution in [0.15, 0.2) is 52.9 Å². The van der Waals surface area contributed by atoms with Crippen molar-refractivity contribution < 1.29 is 9.21 Å². The van der Waals surface area contributed by atoms with Crippen molar-refractivity contribution in [3.8, 4) is 0 Å². The maximum absolute atomic E-state index is 12.4. The minimum atomic E-state index is -0.0718. The van der Waals surface area contributed by atoms with E-state index in [2.05, 4.69) is 29.0 Å². The second-order valence-electron chi connectivity index (χ2n) is 6.59. The number of amides is 1. The summed E-state index contributed by atoms with van der Waals surface area (Å²) in [6, 6.07) is 15.5. The number of nitrogens with one attached hydrogen (secondary N) is 1. The molecule has 3 aromatic rings. The fourth-order valence-corrected chi connectivity index (χ4v) is 3.11. The Morgan fingerprint density at radius 1 is 1.11 bits per heavy atom. The van der Waals surface area contributed by atoms with Gasteiger partial charge >= 0.3 is 0 Å². The third-order valence-electron chi connectivity index (χ3n) is 4.72. The maximum Gasteiger partial charge on any atom is 0.251 e. The van der Waals surface area contributed by atoms with Crippen LogP contribution in [0.5, 0.6) is 0 Å². The number of benzene rings is 2. The minimum absolute atomic E-state index is 0.0718. The Bertz CT molecular complexity index is 870. The average Bonchev–Trinajstić information content (AvgIpc) is 3.10. The predicted molar refractivity (Wildman–Crippen MR) is 108 cm³/mol. The summed E-state index contributed by atoms with van der Waals surface area (Å²) in [4.78, 5) is 19.2. The highest BCUT2D eigenvalue weighted by Gasteiger charge is 2.11. The van der Waals surface area contributed by atoms with E-state index in [1.807, 2.05) is 36.4 Å². The van der Waals surface area contributed by atoms with Gasteiger partial charge in [-0.25, -0.2) is 4.98 Å². The largest absolute Gasteiger partial charge is 0.440 e. The van der Waals surface area contributed by atoms with Gasteiger partial charge in [0.05, 0.1) is 0 Å². The number of aromatic nitrogens is 1. The van der Waals surface area contributed by atoms with Crippen LogP contribution in [0.4, 0.5) is 0 Å². The third kappa shape index (κ3) is 5.17. The SMILES string of the molecule is CCN(CC)CCCNC(=O)c1ccc2nc(Cc3ccccc3)oc2c1. The molecule has 0 aliphatic carbocycles. The lowest BCUT2D eigenvalue weighted by molar-refractivity contribution is 0.0952. The Labute approximate surface area is 160 Å². The maximum atomic E-state index is 12.4. The Morgan fingerprint density at radius 3 is 2.63 bits per heavy atom. The second-order valence-corrected chi connectivity index (χ2v) is 6.59. The zero-order valence-electron chi connectivity index (χ0n) is 16.1. The number of carbonyl (C=O) groups is 1. The van der Waals surface area contributed by atoms with Crippen LogP contribution in [0.25, 0.3) is 11.1 Å². The van der Waals surface area contributed by atoms with Crippen LogP contribution >= 0.6 is 0 Å². The number of oxazole rings is 1. The first-order chi connectivity index (χ1) is 13.2. The summed E-state index contributed by atoms with van der Waals surface area (Å²) in [5.41, 5.74) is 3.18. The van der Waals surface area contributed by atoms with Gasteiger partial charge < -0.3 is 14.6 Å². The summed E-state index contributed by atoms with van der Waals surface area (Å²) in [7, 11) is 0. The molecule has 0 bridgehead atoms. The van der Waals surface area contributed by atoms with Crippen LogP contribution in [0, 0.1) is 0 Å². The summed E-state index contributed by atoms with van der Waals surface area (Å²) >= 11 is 0. The second kappa shape index (κ2) is 9.33. The molecule has 0 aliphatic rings. The standard InChI is InChI=1S/C22H27N3O2/c1-3-25(4-2)14-8-13-23-22(26)18-11-12-19-20(16-18)27-21(24-19)15-17-9-6-5-7-10-17/h5-7,9-12,16H,3-4,8,13-15H2,1-2H3,(H,23,26). The molecule has 0 saturated heterocycles. The first-order valence-electron chi connectivity index (χ1n) is 9.63. The van der Waals surface area contributed by atoms with Crippen molar-refractivity contribution in [2.75, 3.05) is 26.2 Å². The van der Waals surface area contributed by atoms with E-state index in [4.69, 9.17) is 4.42 Å². The molecule has 27 heavy (non-hydrogen) atoms. The van der Waals surface area contributed by atoms with Gasteiger partial charge in [0.25, 0.3) is 5.91 Å². The highest BCUT2D eigenvalue weighted by Crippen LogP contribution is 2.19. The van der Waals surface area contributed by atoms with Crippen molar-refractivity contribution in [1.29, 1.82) is 0 Å². The van der Waals surface area contributed by atoms with Gasteiger partial charge in [0.15, 0.2) is 11.5 Å². The molecular weight excluding hydrogens is 338 g/mol. The average molecular weight is 365 g/mol. The fraction of sp³-hybridized carbons (Fsp3) is 0.364. The Balaban J connectivity index is 1.59. The Kier molecular flexibility index (Phi) is 6.60. The summed E-state index contributed by atoms with van der Waals surface area (Å²) in [5.74, 6) is 0.588. The molecule has 142 valence electrons. The van der Waals surface area contributed by atoms with Crippen molar-refractivity contribution in [3.63, 3.8) is 0 Å². The van der Waals surface area contributed by atoms with Gasteiger partial charge in [-0.15, -0.1) is 0 Å². The molecule has 0 fully saturated rings. The van der Waals surface area contributed by atoms with Gasteiger partial charge in [-0.2, -0.15) is 0 Å². The molecule has 1 heterocycles. The molecule has 0 unspecified atom stereocenters. The van der Waals surface area contributed by atoms with Gasteiger partial charge in [0.2, 0.25) is 0 Å². The van der Waals surface area contributed by atoms with Crippen LogP contribution in [-0.2, 0) is 6.42 Å². The van der Waals surface area contributed by atoms with Gasteiger partial charge in [0, 0.05) is 18.5 Å². The van der Waals surface area contributed by atoms with E-state index in [1.54, 1.807) is 12.1 Å². The highest BCUT2D eigenvalue weighted by atomic mass is 16.3. The molecule has 1 amide bonds. The molecule has 0 saturated carbocycles. The van der Waals surface area contributed by atoms with E-state index in [9.17, 15) is 4.79 Å². The normalized spacial score (nSPS) is 11.2. The summed E-state index contributed by atoms with van der Waals surface area (Å²) in [6.45, 7) is 8.05. The van der Waals surface area contributed by atoms with E-state index in [-0.39, 0.29) is 5.91 Å². The van der Waals surface area contributed by atoms with Crippen molar-refractivity contribution in [1.82, 2.24) is 15.2 Å². The van der Waals surface area contributed by atoms with Gasteiger partial charge in [-0.05, 0) is 49.8 Å². The molecule has 0 radical (unpaired) electrons. The van der Waals surface area contributed by atoms with Crippen molar-refractivity contribution >= 4 is 17.0 Å². The van der Waals surface area contributed by atoms with Crippen LogP contribution < -0.4 is 5.32 Å². The molecule has 5 nitrogen and oxygen atoms in total. The number of carbonyl (C=O) groups excluding carboxylic acids is 1. The number of rotatable bonds is 9. The lowest BCUT2D eigenvalue weighted by atomic mass is 10.1. The summed E-state index contributed by atoms with van der Waals surface area (Å²) in [6.07, 6.45) is 1.58. The monoisotopic (exact) mass is 365 g/mol. The van der Waals surface area contributed by atoms with Crippen molar-refractivity contribution in [3.05, 3.63) is 65.5 Å². The quantitative estimate of drug-likeness (QED) is 0.585. The third-order valence-corrected chi connectivity index (χ3v) is 4.72. The lowest BCUT2D eigenvalue weighted by Gasteiger charge is -2.17. The van der Waals surface area contributed by atoms with Gasteiger partial charge in [-0.1, -0.05) is 44.2 Å². The highest BCUT2D eigenvalue weighted by molar-refractivity contribution is 5.97. The van der Waals surface area contributed by atoms with E-state index < -0.39 is 0 Å². The molecule has 0 aliphatic heterocycles. The zero-order valence-corrected chi connectivity index (χ0v) is 16.1. The van der Waals surface area contributed by atoms with E-state index >= 15 is 0 Å². The molecule has 0 atom stereocenters. The first-order valence-corrected chi connectivity index (χ1v) is 9.63. The lowest BCUT2D eigenvalue weighted by Crippen LogP contribution is -2.29. The molecule has 3 rings (SSSR count). The Morgan fingerprint density at radius 2 is 1.89 bits per heavy atom. The summed E-state index contributed by atoms with van der Waals surface area (Å²) in [5, 5.41) is 2.99. The molecule has 1 N–H and O–H groups in total. The van der Waals surface area contributed by atoms with Crippen LogP contribution in [0.3, 0.4) is 0 Å². The van der Waals surface area contributed by atoms with Gasteiger partial charge in [-0.3, -0.25) is 4.79 Å². The minimum Gasteiger partial charge on any atom is -0.440 e. The number of nitrogens with zero attached hydrogens (tertiary/aromatic N) is 2. The zero-order chi connectivity index (χ0) is 19.1. The topological polar surface area (TPSA) is 58.4 Å². The fourth-order valence-electron chi connectivity index (χ4n) is 3.11. The Hall–Kier alpha value is -2.66. The number of fused-ring (bicyclic) bond motifs is 1. The van der Waals surface area contributed by atoms with E-state index in [0.29, 0.717) is 30.0 Å². The summed E-state index contributed by atoms with van der Waals surface area (Å²) < 4.78 is 5.85. The molecule has 5 heteroatoms. The first kappa shape index (κ1) is 19.1. The number of hydrogen-bond donors (Lipinski definition) is 1. The molecule has 0 spiro atoms. The van der Waals surface area contributed by atoms with Crippen molar-refractivity contribution in [2.45, 2.75) is 26.7 Å². The predicted octanol–water partition coefficient (Wildman–Crippen LogP) is 3.88. The van der Waals surface area contributed by atoms with Crippen LogP contribution in [0.2, 0.25) is 0 Å². The van der Waals surface area contributed by atoms with E-state index in [0.717, 1.165) is 37.1 Å². The molecular formula is C22H27N3O2. The molecule has 2 aromatic carbocycles. The molecule has 1 aromatic heterocycles.